The third-order valence-corrected chi connectivity index (χ3v) is 3.37. The Morgan fingerprint density at radius 1 is 1.14 bits per heavy atom. The molecule has 5 nitrogen and oxygen atoms in total. The molecule has 21 heavy (non-hydrogen) atoms. The predicted octanol–water partition coefficient (Wildman–Crippen LogP) is 2.59. The molecule has 2 amide bonds. The highest BCUT2D eigenvalue weighted by Crippen LogP contribution is 2.23. The zero-order chi connectivity index (χ0) is 15.7. The standard InChI is InChI=1S/C16H24N2O3/c1-12(2)14(13-7-4-3-5-8-13)11-18-16(21)17-10-6-9-15(19)20/h3-5,7-8,12,14H,6,9-11H2,1-2H3,(H,19,20)(H2,17,18,21). The van der Waals surface area contributed by atoms with Gasteiger partial charge in [0.05, 0.1) is 0 Å². The van der Waals surface area contributed by atoms with Crippen LogP contribution >= 0.6 is 0 Å². The van der Waals surface area contributed by atoms with E-state index in [9.17, 15) is 9.59 Å². The molecule has 0 aliphatic heterocycles. The summed E-state index contributed by atoms with van der Waals surface area (Å²) in [4.78, 5) is 22.0. The van der Waals surface area contributed by atoms with Gasteiger partial charge in [-0.2, -0.15) is 0 Å². The highest BCUT2D eigenvalue weighted by molar-refractivity contribution is 5.74. The molecule has 5 heteroatoms. The Hall–Kier alpha value is -2.04. The Morgan fingerprint density at radius 3 is 2.38 bits per heavy atom. The monoisotopic (exact) mass is 292 g/mol. The van der Waals surface area contributed by atoms with Crippen molar-refractivity contribution in [2.75, 3.05) is 13.1 Å². The number of carboxylic acid groups (broad SMARTS) is 1. The number of nitrogens with one attached hydrogen (secondary N) is 2. The third kappa shape index (κ3) is 6.79. The van der Waals surface area contributed by atoms with E-state index in [2.05, 4.69) is 36.6 Å². The van der Waals surface area contributed by atoms with Crippen molar-refractivity contribution in [3.05, 3.63) is 35.9 Å². The molecule has 0 saturated carbocycles. The van der Waals surface area contributed by atoms with E-state index in [-0.39, 0.29) is 18.4 Å². The summed E-state index contributed by atoms with van der Waals surface area (Å²) in [5.41, 5.74) is 1.21. The molecule has 0 aromatic heterocycles. The van der Waals surface area contributed by atoms with Crippen molar-refractivity contribution in [1.29, 1.82) is 0 Å². The van der Waals surface area contributed by atoms with Crippen LogP contribution in [0.15, 0.2) is 30.3 Å². The maximum atomic E-state index is 11.7. The van der Waals surface area contributed by atoms with Crippen LogP contribution in [0.4, 0.5) is 4.79 Å². The quantitative estimate of drug-likeness (QED) is 0.644. The number of rotatable bonds is 8. The van der Waals surface area contributed by atoms with E-state index >= 15 is 0 Å². The van der Waals surface area contributed by atoms with Crippen molar-refractivity contribution >= 4 is 12.0 Å². The van der Waals surface area contributed by atoms with E-state index in [1.54, 1.807) is 0 Å². The third-order valence-electron chi connectivity index (χ3n) is 3.37. The van der Waals surface area contributed by atoms with Crippen LogP contribution < -0.4 is 10.6 Å². The van der Waals surface area contributed by atoms with Gasteiger partial charge in [-0.3, -0.25) is 4.79 Å². The van der Waals surface area contributed by atoms with Crippen LogP contribution in [0.1, 0.15) is 38.2 Å². The summed E-state index contributed by atoms with van der Waals surface area (Å²) in [6, 6.07) is 9.85. The fourth-order valence-electron chi connectivity index (χ4n) is 2.15. The lowest BCUT2D eigenvalue weighted by molar-refractivity contribution is -0.137. The maximum absolute atomic E-state index is 11.7. The summed E-state index contributed by atoms with van der Waals surface area (Å²) in [6.07, 6.45) is 0.508. The number of aliphatic carboxylic acids is 1. The summed E-state index contributed by atoms with van der Waals surface area (Å²) in [5.74, 6) is -0.170. The van der Waals surface area contributed by atoms with Crippen LogP contribution in [0.2, 0.25) is 0 Å². The minimum Gasteiger partial charge on any atom is -0.481 e. The van der Waals surface area contributed by atoms with E-state index in [0.29, 0.717) is 25.4 Å². The van der Waals surface area contributed by atoms with E-state index in [1.807, 2.05) is 18.2 Å². The smallest absolute Gasteiger partial charge is 0.314 e. The molecule has 3 N–H and O–H groups in total. The SMILES string of the molecule is CC(C)C(CNC(=O)NCCCC(=O)O)c1ccccc1. The first-order valence-electron chi connectivity index (χ1n) is 7.29. The van der Waals surface area contributed by atoms with Crippen molar-refractivity contribution in [3.63, 3.8) is 0 Å². The summed E-state index contributed by atoms with van der Waals surface area (Å²) in [6.45, 7) is 5.19. The van der Waals surface area contributed by atoms with E-state index in [0.717, 1.165) is 0 Å². The van der Waals surface area contributed by atoms with Gasteiger partial charge in [-0.25, -0.2) is 4.79 Å². The predicted molar refractivity (Wildman–Crippen MR) is 82.3 cm³/mol. The molecular weight excluding hydrogens is 268 g/mol. The maximum Gasteiger partial charge on any atom is 0.314 e. The second kappa shape index (κ2) is 9.00. The molecule has 116 valence electrons. The molecule has 0 aliphatic carbocycles. The number of carbonyl (C=O) groups is 2. The van der Waals surface area contributed by atoms with Crippen LogP contribution in [0, 0.1) is 5.92 Å². The molecule has 0 spiro atoms. The first-order valence-corrected chi connectivity index (χ1v) is 7.29. The molecule has 0 aliphatic rings. The second-order valence-electron chi connectivity index (χ2n) is 5.40. The van der Waals surface area contributed by atoms with E-state index < -0.39 is 5.97 Å². The number of hydrogen-bond acceptors (Lipinski definition) is 2. The molecule has 0 bridgehead atoms. The van der Waals surface area contributed by atoms with Crippen LogP contribution in [-0.2, 0) is 4.79 Å². The lowest BCUT2D eigenvalue weighted by Gasteiger charge is -2.22. The molecule has 1 atom stereocenters. The van der Waals surface area contributed by atoms with Gasteiger partial charge in [-0.15, -0.1) is 0 Å². The second-order valence-corrected chi connectivity index (χ2v) is 5.40. The highest BCUT2D eigenvalue weighted by atomic mass is 16.4. The molecule has 1 aromatic carbocycles. The Balaban J connectivity index is 2.37. The van der Waals surface area contributed by atoms with E-state index in [1.165, 1.54) is 5.56 Å². The zero-order valence-corrected chi connectivity index (χ0v) is 12.6. The van der Waals surface area contributed by atoms with Crippen molar-refractivity contribution in [2.24, 2.45) is 5.92 Å². The largest absolute Gasteiger partial charge is 0.481 e. The van der Waals surface area contributed by atoms with Crippen molar-refractivity contribution in [1.82, 2.24) is 10.6 Å². The van der Waals surface area contributed by atoms with Gasteiger partial charge < -0.3 is 15.7 Å². The zero-order valence-electron chi connectivity index (χ0n) is 12.6. The Kier molecular flexibility index (Phi) is 7.29. The Labute approximate surface area is 125 Å². The summed E-state index contributed by atoms with van der Waals surface area (Å²) in [5, 5.41) is 14.0. The van der Waals surface area contributed by atoms with Gasteiger partial charge in [0.1, 0.15) is 0 Å². The molecular formula is C16H24N2O3. The summed E-state index contributed by atoms with van der Waals surface area (Å²) >= 11 is 0. The summed E-state index contributed by atoms with van der Waals surface area (Å²) < 4.78 is 0. The topological polar surface area (TPSA) is 78.4 Å². The number of amides is 2. The Morgan fingerprint density at radius 2 is 1.81 bits per heavy atom. The first kappa shape index (κ1) is 17.0. The Bertz CT molecular complexity index is 446. The summed E-state index contributed by atoms with van der Waals surface area (Å²) in [7, 11) is 0. The van der Waals surface area contributed by atoms with E-state index in [4.69, 9.17) is 5.11 Å². The van der Waals surface area contributed by atoms with Crippen molar-refractivity contribution in [2.45, 2.75) is 32.6 Å². The highest BCUT2D eigenvalue weighted by Gasteiger charge is 2.16. The fraction of sp³-hybridized carbons (Fsp3) is 0.500. The number of benzene rings is 1. The lowest BCUT2D eigenvalue weighted by Crippen LogP contribution is -2.39. The first-order chi connectivity index (χ1) is 10.0. The number of hydrogen-bond donors (Lipinski definition) is 3. The van der Waals surface area contributed by atoms with Crippen molar-refractivity contribution < 1.29 is 14.7 Å². The fourth-order valence-corrected chi connectivity index (χ4v) is 2.15. The minimum atomic E-state index is -0.846. The van der Waals surface area contributed by atoms with Crippen LogP contribution in [0.25, 0.3) is 0 Å². The lowest BCUT2D eigenvalue weighted by atomic mass is 9.88. The molecule has 1 aromatic rings. The molecule has 0 fully saturated rings. The van der Waals surface area contributed by atoms with Gasteiger partial charge in [-0.1, -0.05) is 44.2 Å². The molecule has 1 unspecified atom stereocenters. The minimum absolute atomic E-state index is 0.0684. The van der Waals surface area contributed by atoms with Crippen molar-refractivity contribution in [3.8, 4) is 0 Å². The van der Waals surface area contributed by atoms with Gasteiger partial charge in [0.25, 0.3) is 0 Å². The molecule has 1 rings (SSSR count). The van der Waals surface area contributed by atoms with Gasteiger partial charge in [0.2, 0.25) is 0 Å². The van der Waals surface area contributed by atoms with Gasteiger partial charge >= 0.3 is 12.0 Å². The number of carbonyl (C=O) groups excluding carboxylic acids is 1. The van der Waals surface area contributed by atoms with Gasteiger partial charge in [0, 0.05) is 25.4 Å². The van der Waals surface area contributed by atoms with Crippen LogP contribution in [-0.4, -0.2) is 30.2 Å². The van der Waals surface area contributed by atoms with Crippen LogP contribution in [0.3, 0.4) is 0 Å². The number of urea groups is 1. The number of carboxylic acids is 1. The average molecular weight is 292 g/mol. The molecule has 0 saturated heterocycles. The van der Waals surface area contributed by atoms with Gasteiger partial charge in [-0.05, 0) is 17.9 Å². The normalized spacial score (nSPS) is 12.0. The van der Waals surface area contributed by atoms with Gasteiger partial charge in [0.15, 0.2) is 0 Å². The average Bonchev–Trinajstić information content (AvgIpc) is 2.44. The van der Waals surface area contributed by atoms with Crippen LogP contribution in [0.5, 0.6) is 0 Å². The molecule has 0 radical (unpaired) electrons. The molecule has 0 heterocycles.